The van der Waals surface area contributed by atoms with Gasteiger partial charge in [0.25, 0.3) is 0 Å². The van der Waals surface area contributed by atoms with Crippen molar-refractivity contribution >= 4 is 27.8 Å². The van der Waals surface area contributed by atoms with Crippen molar-refractivity contribution in [3.05, 3.63) is 65.9 Å². The van der Waals surface area contributed by atoms with E-state index in [0.717, 1.165) is 16.5 Å². The van der Waals surface area contributed by atoms with E-state index < -0.39 is 0 Å². The lowest BCUT2D eigenvalue weighted by molar-refractivity contribution is -0.121. The molecule has 4 rings (SSSR count). The Hall–Kier alpha value is -3.15. The lowest BCUT2D eigenvalue weighted by atomic mass is 10.1. The van der Waals surface area contributed by atoms with Gasteiger partial charge in [0.15, 0.2) is 0 Å². The van der Waals surface area contributed by atoms with E-state index in [-0.39, 0.29) is 11.7 Å². The third-order valence-corrected chi connectivity index (χ3v) is 4.19. The number of aryl methyl sites for hydroxylation is 1. The van der Waals surface area contributed by atoms with Gasteiger partial charge in [0.2, 0.25) is 5.91 Å². The molecule has 126 valence electrons. The summed E-state index contributed by atoms with van der Waals surface area (Å²) in [5, 5.41) is 4.04. The Kier molecular flexibility index (Phi) is 3.93. The minimum atomic E-state index is -0.306. The fraction of sp³-hybridized carbons (Fsp3) is 0.158. The van der Waals surface area contributed by atoms with Crippen LogP contribution in [-0.4, -0.2) is 20.9 Å². The van der Waals surface area contributed by atoms with Gasteiger partial charge in [0.05, 0.1) is 11.0 Å². The fourth-order valence-corrected chi connectivity index (χ4v) is 2.89. The molecule has 0 radical (unpaired) electrons. The molecule has 0 bridgehead atoms. The Morgan fingerprint density at radius 1 is 1.12 bits per heavy atom. The van der Waals surface area contributed by atoms with Crippen LogP contribution >= 0.6 is 0 Å². The van der Waals surface area contributed by atoms with Gasteiger partial charge in [-0.25, -0.2) is 9.37 Å². The Morgan fingerprint density at radius 3 is 2.96 bits per heavy atom. The largest absolute Gasteiger partial charge is 0.361 e. The maximum absolute atomic E-state index is 13.2. The summed E-state index contributed by atoms with van der Waals surface area (Å²) < 4.78 is 13.2. The molecule has 4 aromatic rings. The van der Waals surface area contributed by atoms with Crippen LogP contribution in [0.5, 0.6) is 0 Å². The Bertz CT molecular complexity index is 1050. The van der Waals surface area contributed by atoms with Gasteiger partial charge in [-0.15, -0.1) is 0 Å². The second-order valence-corrected chi connectivity index (χ2v) is 6.02. The minimum Gasteiger partial charge on any atom is -0.361 e. The highest BCUT2D eigenvalue weighted by Crippen LogP contribution is 2.15. The topological polar surface area (TPSA) is 73.6 Å². The predicted octanol–water partition coefficient (Wildman–Crippen LogP) is 3.43. The molecular formula is C19H17FN4O. The highest BCUT2D eigenvalue weighted by Gasteiger charge is 2.07. The van der Waals surface area contributed by atoms with Crippen molar-refractivity contribution in [1.29, 1.82) is 0 Å². The van der Waals surface area contributed by atoms with Gasteiger partial charge in [0.1, 0.15) is 11.6 Å². The number of aromatic nitrogens is 3. The molecule has 0 fully saturated rings. The summed E-state index contributed by atoms with van der Waals surface area (Å²) in [5.74, 6) is 0.338. The van der Waals surface area contributed by atoms with Crippen molar-refractivity contribution in [2.45, 2.75) is 19.4 Å². The molecule has 2 heterocycles. The molecule has 0 spiro atoms. The number of H-pyrrole nitrogens is 2. The molecule has 0 aliphatic rings. The first kappa shape index (κ1) is 15.4. The van der Waals surface area contributed by atoms with Gasteiger partial charge >= 0.3 is 0 Å². The van der Waals surface area contributed by atoms with Crippen LogP contribution in [0.4, 0.5) is 4.39 Å². The first-order valence-corrected chi connectivity index (χ1v) is 8.14. The number of fused-ring (bicyclic) bond motifs is 2. The second-order valence-electron chi connectivity index (χ2n) is 6.02. The monoisotopic (exact) mass is 336 g/mol. The molecule has 2 aromatic carbocycles. The Labute approximate surface area is 143 Å². The van der Waals surface area contributed by atoms with Crippen LogP contribution in [0.2, 0.25) is 0 Å². The molecule has 2 aromatic heterocycles. The SMILES string of the molecule is O=C(CCc1nc2ccc(F)cc2[nH]1)NCc1ccc2[nH]ccc2c1. The summed E-state index contributed by atoms with van der Waals surface area (Å²) in [6, 6.07) is 12.5. The molecule has 6 heteroatoms. The molecule has 25 heavy (non-hydrogen) atoms. The van der Waals surface area contributed by atoms with Crippen molar-refractivity contribution in [2.75, 3.05) is 0 Å². The van der Waals surface area contributed by atoms with Crippen LogP contribution in [0.1, 0.15) is 17.8 Å². The number of imidazole rings is 1. The number of amides is 1. The van der Waals surface area contributed by atoms with Crippen LogP contribution in [0.15, 0.2) is 48.7 Å². The van der Waals surface area contributed by atoms with Crippen LogP contribution in [0, 0.1) is 5.82 Å². The van der Waals surface area contributed by atoms with E-state index in [1.54, 1.807) is 6.07 Å². The van der Waals surface area contributed by atoms with E-state index in [1.807, 2.05) is 24.4 Å². The molecule has 0 saturated heterocycles. The molecular weight excluding hydrogens is 319 g/mol. The molecule has 0 unspecified atom stereocenters. The molecule has 0 aliphatic heterocycles. The fourth-order valence-electron chi connectivity index (χ4n) is 2.89. The van der Waals surface area contributed by atoms with E-state index in [0.29, 0.717) is 36.2 Å². The first-order chi connectivity index (χ1) is 12.2. The first-order valence-electron chi connectivity index (χ1n) is 8.14. The second kappa shape index (κ2) is 6.39. The van der Waals surface area contributed by atoms with Gasteiger partial charge in [-0.2, -0.15) is 0 Å². The number of rotatable bonds is 5. The number of nitrogens with zero attached hydrogens (tertiary/aromatic N) is 1. The maximum atomic E-state index is 13.2. The zero-order valence-corrected chi connectivity index (χ0v) is 13.5. The minimum absolute atomic E-state index is 0.0409. The molecule has 0 saturated carbocycles. The summed E-state index contributed by atoms with van der Waals surface area (Å²) in [4.78, 5) is 22.6. The molecule has 0 aliphatic carbocycles. The van der Waals surface area contributed by atoms with Crippen molar-refractivity contribution < 1.29 is 9.18 Å². The normalized spacial score (nSPS) is 11.2. The quantitative estimate of drug-likeness (QED) is 0.522. The number of nitrogens with one attached hydrogen (secondary N) is 3. The number of hydrogen-bond donors (Lipinski definition) is 3. The van der Waals surface area contributed by atoms with Gasteiger partial charge in [-0.05, 0) is 47.3 Å². The highest BCUT2D eigenvalue weighted by atomic mass is 19.1. The molecule has 3 N–H and O–H groups in total. The number of aromatic amines is 2. The van der Waals surface area contributed by atoms with Gasteiger partial charge in [-0.3, -0.25) is 4.79 Å². The van der Waals surface area contributed by atoms with E-state index in [2.05, 4.69) is 26.3 Å². The third kappa shape index (κ3) is 3.38. The van der Waals surface area contributed by atoms with Crippen molar-refractivity contribution in [1.82, 2.24) is 20.3 Å². The zero-order valence-electron chi connectivity index (χ0n) is 13.5. The van der Waals surface area contributed by atoms with Crippen molar-refractivity contribution in [2.24, 2.45) is 0 Å². The smallest absolute Gasteiger partial charge is 0.220 e. The van der Waals surface area contributed by atoms with Gasteiger partial charge in [-0.1, -0.05) is 6.07 Å². The number of carbonyl (C=O) groups excluding carboxylic acids is 1. The van der Waals surface area contributed by atoms with Gasteiger partial charge < -0.3 is 15.3 Å². The van der Waals surface area contributed by atoms with Crippen LogP contribution in [0.3, 0.4) is 0 Å². The molecule has 0 atom stereocenters. The number of halogens is 1. The van der Waals surface area contributed by atoms with E-state index in [1.165, 1.54) is 12.1 Å². The van der Waals surface area contributed by atoms with Crippen LogP contribution in [0.25, 0.3) is 21.9 Å². The van der Waals surface area contributed by atoms with E-state index in [9.17, 15) is 9.18 Å². The lowest BCUT2D eigenvalue weighted by Crippen LogP contribution is -2.23. The summed E-state index contributed by atoms with van der Waals surface area (Å²) in [6.45, 7) is 0.491. The average molecular weight is 336 g/mol. The summed E-state index contributed by atoms with van der Waals surface area (Å²) >= 11 is 0. The average Bonchev–Trinajstić information content (AvgIpc) is 3.23. The third-order valence-electron chi connectivity index (χ3n) is 4.19. The summed E-state index contributed by atoms with van der Waals surface area (Å²) in [6.07, 6.45) is 2.71. The van der Waals surface area contributed by atoms with Crippen molar-refractivity contribution in [3.8, 4) is 0 Å². The standard InChI is InChI=1S/C19H17FN4O/c20-14-2-4-16-17(10-14)24-18(23-16)5-6-19(25)22-11-12-1-3-15-13(9-12)7-8-21-15/h1-4,7-10,21H,5-6,11H2,(H,22,25)(H,23,24). The molecule has 1 amide bonds. The number of carbonyl (C=O) groups is 1. The summed E-state index contributed by atoms with van der Waals surface area (Å²) in [5.41, 5.74) is 3.49. The molecule has 5 nitrogen and oxygen atoms in total. The Morgan fingerprint density at radius 2 is 2.04 bits per heavy atom. The van der Waals surface area contributed by atoms with Gasteiger partial charge in [0, 0.05) is 31.1 Å². The Balaban J connectivity index is 1.33. The predicted molar refractivity (Wildman–Crippen MR) is 94.5 cm³/mol. The lowest BCUT2D eigenvalue weighted by Gasteiger charge is -2.05. The van der Waals surface area contributed by atoms with Crippen LogP contribution in [-0.2, 0) is 17.8 Å². The summed E-state index contributed by atoms with van der Waals surface area (Å²) in [7, 11) is 0. The van der Waals surface area contributed by atoms with Crippen molar-refractivity contribution in [3.63, 3.8) is 0 Å². The zero-order chi connectivity index (χ0) is 17.2. The maximum Gasteiger partial charge on any atom is 0.220 e. The van der Waals surface area contributed by atoms with Crippen LogP contribution < -0.4 is 5.32 Å². The van der Waals surface area contributed by atoms with E-state index in [4.69, 9.17) is 0 Å². The van der Waals surface area contributed by atoms with E-state index >= 15 is 0 Å². The number of benzene rings is 2. The number of hydrogen-bond acceptors (Lipinski definition) is 2. The highest BCUT2D eigenvalue weighted by molar-refractivity contribution is 5.80.